The molecule has 0 fully saturated rings. The summed E-state index contributed by atoms with van der Waals surface area (Å²) >= 11 is 1.78. The number of hydrogen-bond acceptors (Lipinski definition) is 4. The third-order valence-corrected chi connectivity index (χ3v) is 5.18. The molecule has 0 radical (unpaired) electrons. The van der Waals surface area contributed by atoms with Gasteiger partial charge in [-0.1, -0.05) is 13.0 Å². The fourth-order valence-electron chi connectivity index (χ4n) is 2.65. The Morgan fingerprint density at radius 1 is 1.23 bits per heavy atom. The van der Waals surface area contributed by atoms with Crippen molar-refractivity contribution in [1.29, 1.82) is 0 Å². The van der Waals surface area contributed by atoms with Crippen molar-refractivity contribution in [3.8, 4) is 0 Å². The number of aryl methyl sites for hydroxylation is 1. The summed E-state index contributed by atoms with van der Waals surface area (Å²) in [7, 11) is 0. The number of pyridine rings is 1. The van der Waals surface area contributed by atoms with Gasteiger partial charge in [0.2, 0.25) is 0 Å². The molecule has 0 aliphatic heterocycles. The van der Waals surface area contributed by atoms with Crippen LogP contribution in [0.25, 0.3) is 5.65 Å². The summed E-state index contributed by atoms with van der Waals surface area (Å²) < 4.78 is 2.05. The number of thiazole rings is 1. The standard InChI is InChI=1S/C19H26N6S/c1-3-16-13-23-18(26-16)9-11-22-19(20-4-2)21-10-8-15-14-25-12-6-5-7-17(25)24-15/h5-7,12-14H,3-4,8-11H2,1-2H3,(H2,20,21,22). The molecule has 6 nitrogen and oxygen atoms in total. The van der Waals surface area contributed by atoms with Crippen molar-refractivity contribution in [3.05, 3.63) is 52.4 Å². The molecule has 0 aliphatic rings. The van der Waals surface area contributed by atoms with E-state index in [-0.39, 0.29) is 0 Å². The van der Waals surface area contributed by atoms with Crippen LogP contribution in [-0.4, -0.2) is 40.0 Å². The summed E-state index contributed by atoms with van der Waals surface area (Å²) in [6, 6.07) is 6.04. The molecule has 138 valence electrons. The predicted octanol–water partition coefficient (Wildman–Crippen LogP) is 2.69. The summed E-state index contributed by atoms with van der Waals surface area (Å²) in [6.45, 7) is 6.62. The number of rotatable bonds is 8. The number of aromatic nitrogens is 3. The zero-order valence-electron chi connectivity index (χ0n) is 15.4. The first-order chi connectivity index (χ1) is 12.8. The van der Waals surface area contributed by atoms with Crippen molar-refractivity contribution < 1.29 is 0 Å². The molecule has 7 heteroatoms. The molecule has 3 aromatic rings. The van der Waals surface area contributed by atoms with Gasteiger partial charge in [0.1, 0.15) is 5.65 Å². The number of nitrogens with one attached hydrogen (secondary N) is 2. The highest BCUT2D eigenvalue weighted by Gasteiger charge is 2.03. The lowest BCUT2D eigenvalue weighted by Crippen LogP contribution is -2.38. The van der Waals surface area contributed by atoms with E-state index < -0.39 is 0 Å². The molecule has 3 rings (SSSR count). The second-order valence-electron chi connectivity index (χ2n) is 5.96. The smallest absolute Gasteiger partial charge is 0.191 e. The molecule has 0 aromatic carbocycles. The van der Waals surface area contributed by atoms with E-state index in [1.165, 1.54) is 4.88 Å². The van der Waals surface area contributed by atoms with Crippen LogP contribution in [0.15, 0.2) is 41.8 Å². The Bertz CT molecular complexity index is 817. The second kappa shape index (κ2) is 9.33. The summed E-state index contributed by atoms with van der Waals surface area (Å²) in [6.07, 6.45) is 8.87. The Balaban J connectivity index is 1.49. The molecule has 3 heterocycles. The van der Waals surface area contributed by atoms with E-state index in [0.717, 1.165) is 61.2 Å². The van der Waals surface area contributed by atoms with Gasteiger partial charge < -0.3 is 15.0 Å². The maximum Gasteiger partial charge on any atom is 0.191 e. The molecular weight excluding hydrogens is 344 g/mol. The summed E-state index contributed by atoms with van der Waals surface area (Å²) in [5, 5.41) is 7.84. The molecular formula is C19H26N6S. The van der Waals surface area contributed by atoms with E-state index in [2.05, 4.69) is 45.6 Å². The van der Waals surface area contributed by atoms with Crippen molar-refractivity contribution in [2.24, 2.45) is 4.99 Å². The van der Waals surface area contributed by atoms with Crippen LogP contribution >= 0.6 is 11.3 Å². The SMILES string of the molecule is CCNC(=NCCc1ncc(CC)s1)NCCc1cn2ccccc2n1. The van der Waals surface area contributed by atoms with Crippen LogP contribution in [0.5, 0.6) is 0 Å². The fourth-order valence-corrected chi connectivity index (χ4v) is 3.50. The van der Waals surface area contributed by atoms with E-state index in [4.69, 9.17) is 0 Å². The number of imidazole rings is 1. The Labute approximate surface area is 158 Å². The molecule has 0 saturated carbocycles. The highest BCUT2D eigenvalue weighted by molar-refractivity contribution is 7.11. The number of fused-ring (bicyclic) bond motifs is 1. The molecule has 0 unspecified atom stereocenters. The van der Waals surface area contributed by atoms with Gasteiger partial charge in [-0.2, -0.15) is 0 Å². The maximum absolute atomic E-state index is 4.65. The van der Waals surface area contributed by atoms with E-state index in [9.17, 15) is 0 Å². The third kappa shape index (κ3) is 5.05. The minimum Gasteiger partial charge on any atom is -0.357 e. The topological polar surface area (TPSA) is 66.6 Å². The normalized spacial score (nSPS) is 11.8. The second-order valence-corrected chi connectivity index (χ2v) is 7.16. The van der Waals surface area contributed by atoms with Crippen LogP contribution in [0.1, 0.15) is 29.4 Å². The fraction of sp³-hybridized carbons (Fsp3) is 0.421. The molecule has 0 aliphatic carbocycles. The largest absolute Gasteiger partial charge is 0.357 e. The predicted molar refractivity (Wildman–Crippen MR) is 108 cm³/mol. The summed E-state index contributed by atoms with van der Waals surface area (Å²) in [5.74, 6) is 0.850. The average Bonchev–Trinajstić information content (AvgIpc) is 3.27. The van der Waals surface area contributed by atoms with Gasteiger partial charge in [-0.25, -0.2) is 9.97 Å². The number of hydrogen-bond donors (Lipinski definition) is 2. The van der Waals surface area contributed by atoms with Gasteiger partial charge in [-0.3, -0.25) is 4.99 Å². The van der Waals surface area contributed by atoms with E-state index >= 15 is 0 Å². The summed E-state index contributed by atoms with van der Waals surface area (Å²) in [5.41, 5.74) is 2.06. The monoisotopic (exact) mass is 370 g/mol. The Morgan fingerprint density at radius 3 is 2.92 bits per heavy atom. The minimum absolute atomic E-state index is 0.736. The van der Waals surface area contributed by atoms with Gasteiger partial charge in [0.25, 0.3) is 0 Å². The van der Waals surface area contributed by atoms with Gasteiger partial charge in [0, 0.05) is 55.9 Å². The van der Waals surface area contributed by atoms with Crippen molar-refractivity contribution in [1.82, 2.24) is 25.0 Å². The van der Waals surface area contributed by atoms with Crippen LogP contribution in [0, 0.1) is 0 Å². The van der Waals surface area contributed by atoms with Gasteiger partial charge in [0.15, 0.2) is 5.96 Å². The van der Waals surface area contributed by atoms with Crippen molar-refractivity contribution >= 4 is 22.9 Å². The molecule has 3 aromatic heterocycles. The van der Waals surface area contributed by atoms with Crippen molar-refractivity contribution in [2.75, 3.05) is 19.6 Å². The highest BCUT2D eigenvalue weighted by Crippen LogP contribution is 2.13. The first-order valence-electron chi connectivity index (χ1n) is 9.17. The van der Waals surface area contributed by atoms with E-state index in [1.54, 1.807) is 11.3 Å². The van der Waals surface area contributed by atoms with E-state index in [0.29, 0.717) is 0 Å². The first kappa shape index (κ1) is 18.4. The van der Waals surface area contributed by atoms with Crippen molar-refractivity contribution in [2.45, 2.75) is 33.1 Å². The Kier molecular flexibility index (Phi) is 6.60. The molecule has 0 saturated heterocycles. The zero-order valence-corrected chi connectivity index (χ0v) is 16.2. The van der Waals surface area contributed by atoms with Gasteiger partial charge >= 0.3 is 0 Å². The average molecular weight is 371 g/mol. The molecule has 0 bridgehead atoms. The lowest BCUT2D eigenvalue weighted by Gasteiger charge is -2.10. The quantitative estimate of drug-likeness (QED) is 0.473. The molecule has 0 atom stereocenters. The Hall–Kier alpha value is -2.41. The van der Waals surface area contributed by atoms with E-state index in [1.807, 2.05) is 35.0 Å². The Morgan fingerprint density at radius 2 is 2.15 bits per heavy atom. The van der Waals surface area contributed by atoms with Crippen molar-refractivity contribution in [3.63, 3.8) is 0 Å². The molecule has 0 amide bonds. The highest BCUT2D eigenvalue weighted by atomic mass is 32.1. The van der Waals surface area contributed by atoms with Crippen LogP contribution < -0.4 is 10.6 Å². The van der Waals surface area contributed by atoms with Crippen LogP contribution in [0.3, 0.4) is 0 Å². The van der Waals surface area contributed by atoms with Gasteiger partial charge in [0.05, 0.1) is 10.7 Å². The third-order valence-electron chi connectivity index (χ3n) is 3.98. The zero-order chi connectivity index (χ0) is 18.2. The summed E-state index contributed by atoms with van der Waals surface area (Å²) in [4.78, 5) is 15.1. The van der Waals surface area contributed by atoms with Gasteiger partial charge in [-0.15, -0.1) is 11.3 Å². The van der Waals surface area contributed by atoms with Crippen LogP contribution in [-0.2, 0) is 19.3 Å². The van der Waals surface area contributed by atoms with Crippen LogP contribution in [0.4, 0.5) is 0 Å². The molecule has 26 heavy (non-hydrogen) atoms. The number of nitrogens with zero attached hydrogens (tertiary/aromatic N) is 4. The van der Waals surface area contributed by atoms with Crippen LogP contribution in [0.2, 0.25) is 0 Å². The number of guanidine groups is 1. The van der Waals surface area contributed by atoms with Gasteiger partial charge in [-0.05, 0) is 25.5 Å². The number of aliphatic imine (C=N–C) groups is 1. The molecule has 2 N–H and O–H groups in total. The lowest BCUT2D eigenvalue weighted by molar-refractivity contribution is 0.788. The lowest BCUT2D eigenvalue weighted by atomic mass is 10.3. The molecule has 0 spiro atoms. The minimum atomic E-state index is 0.736. The maximum atomic E-state index is 4.65. The first-order valence-corrected chi connectivity index (χ1v) is 9.98.